The molecule has 0 amide bonds. The highest BCUT2D eigenvalue weighted by Gasteiger charge is 2.14. The summed E-state index contributed by atoms with van der Waals surface area (Å²) in [6, 6.07) is 13.7. The number of nitrogens with one attached hydrogen (secondary N) is 1. The van der Waals surface area contributed by atoms with Gasteiger partial charge in [-0.2, -0.15) is 10.4 Å². The molecule has 0 fully saturated rings. The molecule has 4 aromatic rings. The van der Waals surface area contributed by atoms with Crippen molar-refractivity contribution in [2.75, 3.05) is 6.61 Å². The van der Waals surface area contributed by atoms with Crippen LogP contribution in [-0.4, -0.2) is 21.8 Å². The second-order valence-corrected chi connectivity index (χ2v) is 5.46. The standard InChI is InChI=1S/C19H14N4O2/c1-2-24-17-8-15-16(7-14(17)9-20)22-23-19(15)13-5-3-4-12(6-13)18-10-21-11-25-18/h3-8,10-11H,2H2,1H3,(H,22,23). The minimum Gasteiger partial charge on any atom is -0.492 e. The zero-order valence-electron chi connectivity index (χ0n) is 13.5. The summed E-state index contributed by atoms with van der Waals surface area (Å²) in [5.41, 5.74) is 3.93. The highest BCUT2D eigenvalue weighted by molar-refractivity contribution is 5.95. The first-order chi connectivity index (χ1) is 12.3. The number of aromatic nitrogens is 3. The molecule has 0 bridgehead atoms. The molecule has 25 heavy (non-hydrogen) atoms. The number of H-pyrrole nitrogens is 1. The van der Waals surface area contributed by atoms with Crippen molar-refractivity contribution in [2.45, 2.75) is 6.92 Å². The van der Waals surface area contributed by atoms with Gasteiger partial charge in [0.05, 0.1) is 23.9 Å². The number of aromatic amines is 1. The molecular weight excluding hydrogens is 316 g/mol. The van der Waals surface area contributed by atoms with E-state index in [0.29, 0.717) is 23.7 Å². The highest BCUT2D eigenvalue weighted by atomic mass is 16.5. The zero-order valence-corrected chi connectivity index (χ0v) is 13.5. The van der Waals surface area contributed by atoms with Gasteiger partial charge in [-0.3, -0.25) is 5.10 Å². The first kappa shape index (κ1) is 15.0. The van der Waals surface area contributed by atoms with Crippen LogP contribution in [0.4, 0.5) is 0 Å². The molecule has 2 heterocycles. The second-order valence-electron chi connectivity index (χ2n) is 5.46. The number of benzene rings is 2. The van der Waals surface area contributed by atoms with E-state index in [2.05, 4.69) is 21.3 Å². The molecular formula is C19H14N4O2. The number of ether oxygens (including phenoxy) is 1. The third kappa shape index (κ3) is 2.62. The molecule has 0 aliphatic rings. The Morgan fingerprint density at radius 2 is 2.12 bits per heavy atom. The van der Waals surface area contributed by atoms with E-state index in [9.17, 15) is 5.26 Å². The van der Waals surface area contributed by atoms with Gasteiger partial charge in [0.1, 0.15) is 17.5 Å². The zero-order chi connectivity index (χ0) is 17.2. The SMILES string of the molecule is CCOc1cc2c(-c3cccc(-c4cnco4)c3)n[nH]c2cc1C#N. The molecule has 0 spiro atoms. The van der Waals surface area contributed by atoms with Crippen LogP contribution in [0.15, 0.2) is 53.4 Å². The third-order valence-electron chi connectivity index (χ3n) is 3.94. The predicted molar refractivity (Wildman–Crippen MR) is 92.9 cm³/mol. The van der Waals surface area contributed by atoms with E-state index in [1.807, 2.05) is 37.3 Å². The Kier molecular flexibility index (Phi) is 3.67. The van der Waals surface area contributed by atoms with Gasteiger partial charge >= 0.3 is 0 Å². The van der Waals surface area contributed by atoms with Gasteiger partial charge in [-0.05, 0) is 25.1 Å². The number of rotatable bonds is 4. The van der Waals surface area contributed by atoms with Crippen LogP contribution >= 0.6 is 0 Å². The first-order valence-electron chi connectivity index (χ1n) is 7.84. The predicted octanol–water partition coefficient (Wildman–Crippen LogP) is 4.16. The Bertz CT molecular complexity index is 1070. The van der Waals surface area contributed by atoms with Gasteiger partial charge in [0, 0.05) is 16.5 Å². The maximum atomic E-state index is 9.29. The fourth-order valence-electron chi connectivity index (χ4n) is 2.81. The number of hydrogen-bond acceptors (Lipinski definition) is 5. The van der Waals surface area contributed by atoms with Crippen LogP contribution in [0.2, 0.25) is 0 Å². The number of nitrogens with zero attached hydrogens (tertiary/aromatic N) is 3. The van der Waals surface area contributed by atoms with Gasteiger partial charge in [-0.25, -0.2) is 4.98 Å². The molecule has 0 unspecified atom stereocenters. The number of oxazole rings is 1. The van der Waals surface area contributed by atoms with Crippen LogP contribution < -0.4 is 4.74 Å². The molecule has 0 radical (unpaired) electrons. The molecule has 0 atom stereocenters. The number of hydrogen-bond donors (Lipinski definition) is 1. The van der Waals surface area contributed by atoms with Crippen molar-refractivity contribution in [3.8, 4) is 34.4 Å². The number of nitriles is 1. The first-order valence-corrected chi connectivity index (χ1v) is 7.84. The topological polar surface area (TPSA) is 87.7 Å². The van der Waals surface area contributed by atoms with Crippen molar-refractivity contribution in [3.05, 3.63) is 54.6 Å². The van der Waals surface area contributed by atoms with Crippen LogP contribution in [0.25, 0.3) is 33.5 Å². The van der Waals surface area contributed by atoms with Crippen molar-refractivity contribution < 1.29 is 9.15 Å². The fourth-order valence-corrected chi connectivity index (χ4v) is 2.81. The van der Waals surface area contributed by atoms with Gasteiger partial charge in [0.2, 0.25) is 0 Å². The molecule has 6 heteroatoms. The van der Waals surface area contributed by atoms with Crippen LogP contribution in [0.1, 0.15) is 12.5 Å². The lowest BCUT2D eigenvalue weighted by molar-refractivity contribution is 0.340. The molecule has 0 saturated carbocycles. The third-order valence-corrected chi connectivity index (χ3v) is 3.94. The van der Waals surface area contributed by atoms with Crippen molar-refractivity contribution in [1.82, 2.24) is 15.2 Å². The monoisotopic (exact) mass is 330 g/mol. The van der Waals surface area contributed by atoms with E-state index in [4.69, 9.17) is 9.15 Å². The Balaban J connectivity index is 1.86. The normalized spacial score (nSPS) is 10.7. The van der Waals surface area contributed by atoms with Crippen molar-refractivity contribution in [2.24, 2.45) is 0 Å². The summed E-state index contributed by atoms with van der Waals surface area (Å²) in [7, 11) is 0. The van der Waals surface area contributed by atoms with Crippen molar-refractivity contribution in [1.29, 1.82) is 5.26 Å². The lowest BCUT2D eigenvalue weighted by Crippen LogP contribution is -1.94. The van der Waals surface area contributed by atoms with E-state index in [-0.39, 0.29) is 0 Å². The van der Waals surface area contributed by atoms with E-state index in [0.717, 1.165) is 27.7 Å². The van der Waals surface area contributed by atoms with Crippen molar-refractivity contribution in [3.63, 3.8) is 0 Å². The maximum Gasteiger partial charge on any atom is 0.181 e. The van der Waals surface area contributed by atoms with Gasteiger partial charge in [-0.1, -0.05) is 18.2 Å². The molecule has 0 aliphatic heterocycles. The number of fused-ring (bicyclic) bond motifs is 1. The minimum absolute atomic E-state index is 0.486. The van der Waals surface area contributed by atoms with Gasteiger partial charge < -0.3 is 9.15 Å². The maximum absolute atomic E-state index is 9.29. The smallest absolute Gasteiger partial charge is 0.181 e. The molecule has 2 aromatic carbocycles. The van der Waals surface area contributed by atoms with Crippen LogP contribution in [-0.2, 0) is 0 Å². The molecule has 0 aliphatic carbocycles. The average Bonchev–Trinajstić information content (AvgIpc) is 3.31. The van der Waals surface area contributed by atoms with E-state index < -0.39 is 0 Å². The molecule has 4 rings (SSSR count). The molecule has 6 nitrogen and oxygen atoms in total. The quantitative estimate of drug-likeness (QED) is 0.607. The summed E-state index contributed by atoms with van der Waals surface area (Å²) in [4.78, 5) is 3.96. The summed E-state index contributed by atoms with van der Waals surface area (Å²) < 4.78 is 11.0. The largest absolute Gasteiger partial charge is 0.492 e. The molecule has 0 saturated heterocycles. The minimum atomic E-state index is 0.486. The molecule has 1 N–H and O–H groups in total. The van der Waals surface area contributed by atoms with Crippen LogP contribution in [0, 0.1) is 11.3 Å². The Hall–Kier alpha value is -3.59. The summed E-state index contributed by atoms with van der Waals surface area (Å²) in [5, 5.41) is 17.6. The van der Waals surface area contributed by atoms with Gasteiger partial charge in [0.25, 0.3) is 0 Å². The van der Waals surface area contributed by atoms with Crippen LogP contribution in [0.3, 0.4) is 0 Å². The second kappa shape index (κ2) is 6.13. The van der Waals surface area contributed by atoms with Crippen LogP contribution in [0.5, 0.6) is 5.75 Å². The fraction of sp³-hybridized carbons (Fsp3) is 0.105. The summed E-state index contributed by atoms with van der Waals surface area (Å²) in [6.07, 6.45) is 3.08. The van der Waals surface area contributed by atoms with Crippen molar-refractivity contribution >= 4 is 10.9 Å². The van der Waals surface area contributed by atoms with Gasteiger partial charge in [-0.15, -0.1) is 0 Å². The Morgan fingerprint density at radius 3 is 2.88 bits per heavy atom. The highest BCUT2D eigenvalue weighted by Crippen LogP contribution is 2.33. The van der Waals surface area contributed by atoms with Gasteiger partial charge in [0.15, 0.2) is 12.2 Å². The van der Waals surface area contributed by atoms with E-state index in [1.165, 1.54) is 6.39 Å². The Morgan fingerprint density at radius 1 is 1.24 bits per heavy atom. The van der Waals surface area contributed by atoms with E-state index >= 15 is 0 Å². The Labute approximate surface area is 143 Å². The average molecular weight is 330 g/mol. The summed E-state index contributed by atoms with van der Waals surface area (Å²) in [5.74, 6) is 1.26. The molecule has 2 aromatic heterocycles. The summed E-state index contributed by atoms with van der Waals surface area (Å²) >= 11 is 0. The summed E-state index contributed by atoms with van der Waals surface area (Å²) in [6.45, 7) is 2.39. The lowest BCUT2D eigenvalue weighted by Gasteiger charge is -2.06. The lowest BCUT2D eigenvalue weighted by atomic mass is 10.0. The molecule has 122 valence electrons. The van der Waals surface area contributed by atoms with E-state index in [1.54, 1.807) is 12.3 Å².